The van der Waals surface area contributed by atoms with Crippen LogP contribution >= 0.6 is 0 Å². The highest BCUT2D eigenvalue weighted by atomic mass is 16.2. The molecule has 3 nitrogen and oxygen atoms in total. The van der Waals surface area contributed by atoms with Crippen molar-refractivity contribution in [3.8, 4) is 0 Å². The molecule has 3 atom stereocenters. The molecule has 3 unspecified atom stereocenters. The SMILES string of the molecule is NC1CCC2CN(C(=O)CC/C=C/c3ccccc3)CC12. The number of nitrogens with two attached hydrogens (primary N) is 1. The molecule has 1 saturated carbocycles. The van der Waals surface area contributed by atoms with Gasteiger partial charge in [-0.2, -0.15) is 0 Å². The monoisotopic (exact) mass is 284 g/mol. The number of hydrogen-bond acceptors (Lipinski definition) is 2. The van der Waals surface area contributed by atoms with E-state index in [4.69, 9.17) is 5.73 Å². The van der Waals surface area contributed by atoms with Crippen molar-refractivity contribution in [1.82, 2.24) is 4.90 Å². The van der Waals surface area contributed by atoms with E-state index in [1.807, 2.05) is 23.1 Å². The molecule has 3 rings (SSSR count). The third kappa shape index (κ3) is 3.35. The fourth-order valence-corrected chi connectivity index (χ4v) is 3.66. The molecule has 1 saturated heterocycles. The van der Waals surface area contributed by atoms with E-state index in [-0.39, 0.29) is 5.91 Å². The number of likely N-dealkylation sites (tertiary alicyclic amines) is 1. The fraction of sp³-hybridized carbons (Fsp3) is 0.500. The van der Waals surface area contributed by atoms with Crippen LogP contribution in [0.15, 0.2) is 36.4 Å². The van der Waals surface area contributed by atoms with Crippen LogP contribution in [0.5, 0.6) is 0 Å². The topological polar surface area (TPSA) is 46.3 Å². The molecule has 2 N–H and O–H groups in total. The Morgan fingerprint density at radius 2 is 2.05 bits per heavy atom. The van der Waals surface area contributed by atoms with Crippen LogP contribution in [0.1, 0.15) is 31.2 Å². The zero-order valence-electron chi connectivity index (χ0n) is 12.4. The number of amides is 1. The van der Waals surface area contributed by atoms with E-state index in [1.165, 1.54) is 12.0 Å². The lowest BCUT2D eigenvalue weighted by molar-refractivity contribution is -0.130. The van der Waals surface area contributed by atoms with Crippen molar-refractivity contribution in [2.45, 2.75) is 31.7 Å². The molecule has 1 aliphatic carbocycles. The van der Waals surface area contributed by atoms with E-state index in [0.717, 1.165) is 25.9 Å². The Morgan fingerprint density at radius 3 is 2.81 bits per heavy atom. The minimum atomic E-state index is 0.286. The standard InChI is InChI=1S/C18H24N2O/c19-17-11-10-15-12-20(13-16(15)17)18(21)9-5-4-8-14-6-2-1-3-7-14/h1-4,6-8,15-17H,5,9-13,19H2/b8-4+. The summed E-state index contributed by atoms with van der Waals surface area (Å²) < 4.78 is 0. The lowest BCUT2D eigenvalue weighted by Gasteiger charge is -2.18. The molecule has 21 heavy (non-hydrogen) atoms. The molecule has 0 bridgehead atoms. The van der Waals surface area contributed by atoms with Gasteiger partial charge in [0.05, 0.1) is 0 Å². The zero-order chi connectivity index (χ0) is 14.7. The summed E-state index contributed by atoms with van der Waals surface area (Å²) >= 11 is 0. The molecule has 2 aliphatic rings. The molecule has 1 aromatic rings. The molecular formula is C18H24N2O. The molecular weight excluding hydrogens is 260 g/mol. The summed E-state index contributed by atoms with van der Waals surface area (Å²) in [5.74, 6) is 1.49. The second kappa shape index (κ2) is 6.44. The number of rotatable bonds is 4. The van der Waals surface area contributed by atoms with Crippen molar-refractivity contribution in [3.63, 3.8) is 0 Å². The van der Waals surface area contributed by atoms with Gasteiger partial charge in [0.1, 0.15) is 0 Å². The largest absolute Gasteiger partial charge is 0.342 e. The predicted molar refractivity (Wildman–Crippen MR) is 85.5 cm³/mol. The highest BCUT2D eigenvalue weighted by molar-refractivity contribution is 5.76. The maximum absolute atomic E-state index is 12.2. The van der Waals surface area contributed by atoms with Gasteiger partial charge in [0.2, 0.25) is 5.91 Å². The number of carbonyl (C=O) groups is 1. The van der Waals surface area contributed by atoms with Crippen LogP contribution in [0.25, 0.3) is 6.08 Å². The van der Waals surface area contributed by atoms with Crippen LogP contribution in [-0.4, -0.2) is 29.9 Å². The second-order valence-corrected chi connectivity index (χ2v) is 6.32. The van der Waals surface area contributed by atoms with E-state index in [1.54, 1.807) is 0 Å². The molecule has 1 aromatic carbocycles. The molecule has 1 amide bonds. The van der Waals surface area contributed by atoms with Gasteiger partial charge < -0.3 is 10.6 Å². The Hall–Kier alpha value is -1.61. The number of carbonyl (C=O) groups excluding carboxylic acids is 1. The van der Waals surface area contributed by atoms with Gasteiger partial charge in [0.15, 0.2) is 0 Å². The molecule has 2 fully saturated rings. The van der Waals surface area contributed by atoms with Crippen molar-refractivity contribution in [3.05, 3.63) is 42.0 Å². The first-order valence-electron chi connectivity index (χ1n) is 7.99. The second-order valence-electron chi connectivity index (χ2n) is 6.32. The molecule has 1 aliphatic heterocycles. The third-order valence-electron chi connectivity index (χ3n) is 4.90. The van der Waals surface area contributed by atoms with Gasteiger partial charge in [-0.15, -0.1) is 0 Å². The van der Waals surface area contributed by atoms with Gasteiger partial charge in [0.25, 0.3) is 0 Å². The Bertz CT molecular complexity index is 511. The number of hydrogen-bond donors (Lipinski definition) is 1. The maximum atomic E-state index is 12.2. The van der Waals surface area contributed by atoms with Crippen molar-refractivity contribution >= 4 is 12.0 Å². The van der Waals surface area contributed by atoms with E-state index in [0.29, 0.717) is 24.3 Å². The molecule has 0 radical (unpaired) electrons. The summed E-state index contributed by atoms with van der Waals surface area (Å²) in [5.41, 5.74) is 7.31. The van der Waals surface area contributed by atoms with E-state index < -0.39 is 0 Å². The average Bonchev–Trinajstić information content (AvgIpc) is 3.07. The van der Waals surface area contributed by atoms with Gasteiger partial charge in [-0.05, 0) is 36.7 Å². The summed E-state index contributed by atoms with van der Waals surface area (Å²) in [4.78, 5) is 14.3. The van der Waals surface area contributed by atoms with Crippen LogP contribution in [0.3, 0.4) is 0 Å². The van der Waals surface area contributed by atoms with Gasteiger partial charge in [-0.3, -0.25) is 4.79 Å². The lowest BCUT2D eigenvalue weighted by atomic mass is 9.98. The highest BCUT2D eigenvalue weighted by Crippen LogP contribution is 2.37. The number of allylic oxidation sites excluding steroid dienone is 1. The summed E-state index contributed by atoms with van der Waals surface area (Å²) in [5, 5.41) is 0. The highest BCUT2D eigenvalue weighted by Gasteiger charge is 2.42. The van der Waals surface area contributed by atoms with Crippen molar-refractivity contribution in [2.75, 3.05) is 13.1 Å². The number of benzene rings is 1. The minimum absolute atomic E-state index is 0.286. The lowest BCUT2D eigenvalue weighted by Crippen LogP contribution is -2.33. The smallest absolute Gasteiger partial charge is 0.222 e. The first-order chi connectivity index (χ1) is 10.2. The Balaban J connectivity index is 1.44. The Kier molecular flexibility index (Phi) is 4.39. The van der Waals surface area contributed by atoms with Crippen LogP contribution in [0.2, 0.25) is 0 Å². The minimum Gasteiger partial charge on any atom is -0.342 e. The number of fused-ring (bicyclic) bond motifs is 1. The van der Waals surface area contributed by atoms with Gasteiger partial charge in [-0.25, -0.2) is 0 Å². The predicted octanol–water partition coefficient (Wildman–Crippen LogP) is 2.68. The first kappa shape index (κ1) is 14.3. The van der Waals surface area contributed by atoms with E-state index >= 15 is 0 Å². The van der Waals surface area contributed by atoms with Crippen molar-refractivity contribution < 1.29 is 4.79 Å². The van der Waals surface area contributed by atoms with Gasteiger partial charge >= 0.3 is 0 Å². The Morgan fingerprint density at radius 1 is 1.24 bits per heavy atom. The quantitative estimate of drug-likeness (QED) is 0.924. The normalized spacial score (nSPS) is 28.2. The molecule has 1 heterocycles. The van der Waals surface area contributed by atoms with E-state index in [2.05, 4.69) is 24.3 Å². The molecule has 3 heteroatoms. The summed E-state index contributed by atoms with van der Waals surface area (Å²) in [6.07, 6.45) is 7.93. The first-order valence-corrected chi connectivity index (χ1v) is 7.99. The third-order valence-corrected chi connectivity index (χ3v) is 4.90. The zero-order valence-corrected chi connectivity index (χ0v) is 12.4. The average molecular weight is 284 g/mol. The van der Waals surface area contributed by atoms with E-state index in [9.17, 15) is 4.79 Å². The molecule has 112 valence electrons. The number of nitrogens with zero attached hydrogens (tertiary/aromatic N) is 1. The van der Waals surface area contributed by atoms with Crippen LogP contribution in [-0.2, 0) is 4.79 Å². The summed E-state index contributed by atoms with van der Waals surface area (Å²) in [6.45, 7) is 1.81. The van der Waals surface area contributed by atoms with Crippen LogP contribution in [0, 0.1) is 11.8 Å². The van der Waals surface area contributed by atoms with Crippen LogP contribution in [0.4, 0.5) is 0 Å². The van der Waals surface area contributed by atoms with Crippen molar-refractivity contribution in [2.24, 2.45) is 17.6 Å². The molecule has 0 aromatic heterocycles. The summed E-state index contributed by atoms with van der Waals surface area (Å²) in [7, 11) is 0. The fourth-order valence-electron chi connectivity index (χ4n) is 3.66. The molecule has 0 spiro atoms. The van der Waals surface area contributed by atoms with Crippen LogP contribution < -0.4 is 5.73 Å². The van der Waals surface area contributed by atoms with Gasteiger partial charge in [0, 0.05) is 25.6 Å². The maximum Gasteiger partial charge on any atom is 0.222 e. The van der Waals surface area contributed by atoms with Gasteiger partial charge in [-0.1, -0.05) is 42.5 Å². The summed E-state index contributed by atoms with van der Waals surface area (Å²) in [6, 6.07) is 10.5. The Labute approximate surface area is 126 Å². The van der Waals surface area contributed by atoms with Crippen molar-refractivity contribution in [1.29, 1.82) is 0 Å².